The van der Waals surface area contributed by atoms with Crippen LogP contribution in [0.1, 0.15) is 40.0 Å². The van der Waals surface area contributed by atoms with Crippen LogP contribution in [0.25, 0.3) is 0 Å². The van der Waals surface area contributed by atoms with Crippen LogP contribution < -0.4 is 10.4 Å². The highest BCUT2D eigenvalue weighted by atomic mass is 31.2. The molecule has 1 saturated carbocycles. The van der Waals surface area contributed by atoms with Crippen molar-refractivity contribution in [2.75, 3.05) is 5.09 Å². The quantitative estimate of drug-likeness (QED) is 0.651. The molecule has 0 heterocycles. The summed E-state index contributed by atoms with van der Waals surface area (Å²) in [6.07, 6.45) is 3.46. The van der Waals surface area contributed by atoms with Gasteiger partial charge in [-0.1, -0.05) is 63.6 Å². The standard InChI is InChI=1S/C22H30NOP/c1-17(2)21-15-14-18(3)16-22(21)25(24,20-12-8-5-9-13-20)23-19-10-6-4-7-11-19/h4-13,17-18,21-22H,14-16H2,1-3H3,(H,23,24)/t18-,21-,22+,25+/m1/s1. The van der Waals surface area contributed by atoms with Crippen molar-refractivity contribution in [3.63, 3.8) is 0 Å². The minimum atomic E-state index is -2.77. The van der Waals surface area contributed by atoms with E-state index in [9.17, 15) is 4.57 Å². The van der Waals surface area contributed by atoms with Crippen molar-refractivity contribution in [3.05, 3.63) is 60.7 Å². The number of nitrogens with one attached hydrogen (secondary N) is 1. The SMILES string of the molecule is CC(C)[C@H]1CC[C@@H](C)C[C@@H]1[P@](=O)(Nc1ccccc1)c1ccccc1. The van der Waals surface area contributed by atoms with Crippen molar-refractivity contribution in [2.45, 2.75) is 45.7 Å². The Morgan fingerprint density at radius 1 is 0.960 bits per heavy atom. The molecule has 1 aliphatic carbocycles. The predicted octanol–water partition coefficient (Wildman–Crippen LogP) is 6.16. The lowest BCUT2D eigenvalue weighted by Crippen LogP contribution is -2.36. The molecule has 0 bridgehead atoms. The van der Waals surface area contributed by atoms with E-state index in [0.29, 0.717) is 17.8 Å². The predicted molar refractivity (Wildman–Crippen MR) is 109 cm³/mol. The average molecular weight is 355 g/mol. The van der Waals surface area contributed by atoms with Crippen LogP contribution in [0.4, 0.5) is 5.69 Å². The van der Waals surface area contributed by atoms with Gasteiger partial charge in [-0.15, -0.1) is 0 Å². The fraction of sp³-hybridized carbons (Fsp3) is 0.455. The second-order valence-electron chi connectivity index (χ2n) is 7.86. The van der Waals surface area contributed by atoms with Gasteiger partial charge in [0.05, 0.1) is 0 Å². The summed E-state index contributed by atoms with van der Waals surface area (Å²) >= 11 is 0. The molecule has 0 radical (unpaired) electrons. The van der Waals surface area contributed by atoms with Gasteiger partial charge < -0.3 is 5.09 Å². The third-order valence-corrected chi connectivity index (χ3v) is 8.85. The lowest BCUT2D eigenvalue weighted by molar-refractivity contribution is 0.237. The van der Waals surface area contributed by atoms with E-state index in [0.717, 1.165) is 17.4 Å². The topological polar surface area (TPSA) is 29.1 Å². The minimum Gasteiger partial charge on any atom is -0.333 e. The van der Waals surface area contributed by atoms with Crippen LogP contribution in [0.3, 0.4) is 0 Å². The lowest BCUT2D eigenvalue weighted by atomic mass is 9.77. The van der Waals surface area contributed by atoms with Gasteiger partial charge in [-0.05, 0) is 54.9 Å². The summed E-state index contributed by atoms with van der Waals surface area (Å²) in [4.78, 5) is 0. The molecule has 0 unspecified atom stereocenters. The van der Waals surface area contributed by atoms with Gasteiger partial charge in [-0.3, -0.25) is 4.57 Å². The van der Waals surface area contributed by atoms with E-state index in [-0.39, 0.29) is 5.66 Å². The number of anilines is 1. The van der Waals surface area contributed by atoms with Crippen LogP contribution in [0, 0.1) is 17.8 Å². The maximum atomic E-state index is 14.5. The van der Waals surface area contributed by atoms with Crippen molar-refractivity contribution in [1.29, 1.82) is 0 Å². The van der Waals surface area contributed by atoms with E-state index in [1.54, 1.807) is 0 Å². The monoisotopic (exact) mass is 355 g/mol. The van der Waals surface area contributed by atoms with Crippen LogP contribution in [0.5, 0.6) is 0 Å². The molecule has 2 aromatic rings. The van der Waals surface area contributed by atoms with Gasteiger partial charge in [0.1, 0.15) is 0 Å². The van der Waals surface area contributed by atoms with Crippen LogP contribution >= 0.6 is 7.29 Å². The van der Waals surface area contributed by atoms with E-state index in [4.69, 9.17) is 0 Å². The summed E-state index contributed by atoms with van der Waals surface area (Å²) in [7, 11) is -2.77. The van der Waals surface area contributed by atoms with Crippen molar-refractivity contribution >= 4 is 18.3 Å². The Morgan fingerprint density at radius 3 is 2.16 bits per heavy atom. The molecule has 0 aromatic heterocycles. The molecular weight excluding hydrogens is 325 g/mol. The van der Waals surface area contributed by atoms with E-state index < -0.39 is 7.29 Å². The van der Waals surface area contributed by atoms with Gasteiger partial charge in [-0.2, -0.15) is 0 Å². The second-order valence-corrected chi connectivity index (χ2v) is 10.6. The molecule has 1 aliphatic rings. The van der Waals surface area contributed by atoms with Crippen molar-refractivity contribution in [3.8, 4) is 0 Å². The molecule has 134 valence electrons. The average Bonchev–Trinajstić information content (AvgIpc) is 2.63. The zero-order valence-electron chi connectivity index (χ0n) is 15.6. The Balaban J connectivity index is 2.05. The van der Waals surface area contributed by atoms with Crippen molar-refractivity contribution in [1.82, 2.24) is 0 Å². The molecule has 1 N–H and O–H groups in total. The number of rotatable bonds is 5. The summed E-state index contributed by atoms with van der Waals surface area (Å²) in [6, 6.07) is 20.1. The van der Waals surface area contributed by atoms with Crippen LogP contribution in [0.15, 0.2) is 60.7 Å². The van der Waals surface area contributed by atoms with E-state index in [1.165, 1.54) is 12.8 Å². The summed E-state index contributed by atoms with van der Waals surface area (Å²) in [5.41, 5.74) is 1.15. The first-order valence-electron chi connectivity index (χ1n) is 9.49. The fourth-order valence-electron chi connectivity index (χ4n) is 4.26. The highest BCUT2D eigenvalue weighted by Gasteiger charge is 2.43. The molecule has 2 aromatic carbocycles. The second kappa shape index (κ2) is 7.79. The lowest BCUT2D eigenvalue weighted by Gasteiger charge is -2.42. The molecule has 1 fully saturated rings. The smallest absolute Gasteiger partial charge is 0.201 e. The molecule has 0 amide bonds. The number of hydrogen-bond donors (Lipinski definition) is 1. The molecule has 3 rings (SSSR count). The Morgan fingerprint density at radius 2 is 1.56 bits per heavy atom. The van der Waals surface area contributed by atoms with E-state index >= 15 is 0 Å². The zero-order chi connectivity index (χ0) is 17.9. The Bertz CT molecular complexity index is 713. The van der Waals surface area contributed by atoms with Gasteiger partial charge in [0.2, 0.25) is 7.29 Å². The van der Waals surface area contributed by atoms with E-state index in [2.05, 4.69) is 25.9 Å². The largest absolute Gasteiger partial charge is 0.333 e. The third kappa shape index (κ3) is 4.01. The summed E-state index contributed by atoms with van der Waals surface area (Å²) in [5, 5.41) is 4.46. The fourth-order valence-corrected chi connectivity index (χ4v) is 7.78. The highest BCUT2D eigenvalue weighted by molar-refractivity contribution is 7.73. The molecule has 0 spiro atoms. The van der Waals surface area contributed by atoms with Crippen molar-refractivity contribution < 1.29 is 4.57 Å². The van der Waals surface area contributed by atoms with Gasteiger partial charge in [-0.25, -0.2) is 0 Å². The summed E-state index contributed by atoms with van der Waals surface area (Å²) in [5.74, 6) is 1.68. The van der Waals surface area contributed by atoms with E-state index in [1.807, 2.05) is 60.7 Å². The number of hydrogen-bond acceptors (Lipinski definition) is 1. The maximum absolute atomic E-state index is 14.5. The maximum Gasteiger partial charge on any atom is 0.201 e. The summed E-state index contributed by atoms with van der Waals surface area (Å²) in [6.45, 7) is 6.87. The van der Waals surface area contributed by atoms with Crippen LogP contribution in [0.2, 0.25) is 0 Å². The molecule has 0 aliphatic heterocycles. The first kappa shape index (κ1) is 18.3. The van der Waals surface area contributed by atoms with Gasteiger partial charge >= 0.3 is 0 Å². The van der Waals surface area contributed by atoms with Gasteiger partial charge in [0, 0.05) is 16.7 Å². The Kier molecular flexibility index (Phi) is 5.69. The first-order chi connectivity index (χ1) is 12.0. The normalized spacial score (nSPS) is 26.2. The van der Waals surface area contributed by atoms with Gasteiger partial charge in [0.25, 0.3) is 0 Å². The third-order valence-electron chi connectivity index (χ3n) is 5.66. The Labute approximate surface area is 152 Å². The number of benzene rings is 2. The van der Waals surface area contributed by atoms with Gasteiger partial charge in [0.15, 0.2) is 0 Å². The minimum absolute atomic E-state index is 0.193. The van der Waals surface area contributed by atoms with Crippen LogP contribution in [-0.2, 0) is 4.57 Å². The molecule has 4 atom stereocenters. The molecule has 2 nitrogen and oxygen atoms in total. The zero-order valence-corrected chi connectivity index (χ0v) is 16.5. The molecule has 25 heavy (non-hydrogen) atoms. The van der Waals surface area contributed by atoms with Crippen molar-refractivity contribution in [2.24, 2.45) is 17.8 Å². The number of para-hydroxylation sites is 1. The summed E-state index contributed by atoms with van der Waals surface area (Å²) < 4.78 is 14.5. The highest BCUT2D eigenvalue weighted by Crippen LogP contribution is 2.58. The molecular formula is C22H30NOP. The first-order valence-corrected chi connectivity index (χ1v) is 11.3. The Hall–Kier alpha value is -1.53. The van der Waals surface area contributed by atoms with Crippen LogP contribution in [-0.4, -0.2) is 5.66 Å². The molecule has 3 heteroatoms. The molecule has 0 saturated heterocycles.